The summed E-state index contributed by atoms with van der Waals surface area (Å²) in [6, 6.07) is 3.31. The summed E-state index contributed by atoms with van der Waals surface area (Å²) in [5, 5.41) is 13.5. The molecule has 0 heterocycles. The molecule has 1 rings (SSSR count). The number of rotatable bonds is 5. The number of benzene rings is 1. The quantitative estimate of drug-likeness (QED) is 0.779. The molecule has 1 atom stereocenters. The molecule has 0 saturated heterocycles. The van der Waals surface area contributed by atoms with Crippen molar-refractivity contribution in [2.45, 2.75) is 13.3 Å². The van der Waals surface area contributed by atoms with E-state index in [2.05, 4.69) is 10.6 Å². The minimum atomic E-state index is -0.910. The molecule has 2 amide bonds. The predicted octanol–water partition coefficient (Wildman–Crippen LogP) is 2.71. The van der Waals surface area contributed by atoms with Gasteiger partial charge in [0, 0.05) is 12.2 Å². The number of carbonyl (C=O) groups is 2. The smallest absolute Gasteiger partial charge is 0.319 e. The Balaban J connectivity index is 2.39. The van der Waals surface area contributed by atoms with Gasteiger partial charge in [0.15, 0.2) is 0 Å². The van der Waals surface area contributed by atoms with Crippen molar-refractivity contribution in [1.82, 2.24) is 5.32 Å². The summed E-state index contributed by atoms with van der Waals surface area (Å²) < 4.78 is 12.9. The number of carbonyl (C=O) groups excluding carboxylic acids is 1. The summed E-state index contributed by atoms with van der Waals surface area (Å²) in [6.07, 6.45) is 0.326. The number of hydrogen-bond donors (Lipinski definition) is 3. The molecule has 7 heteroatoms. The molecule has 3 N–H and O–H groups in total. The maximum Gasteiger partial charge on any atom is 0.319 e. The molecule has 0 aliphatic carbocycles. The molecule has 0 aliphatic rings. The van der Waals surface area contributed by atoms with Crippen LogP contribution >= 0.6 is 11.6 Å². The van der Waals surface area contributed by atoms with Gasteiger partial charge in [-0.05, 0) is 24.6 Å². The minimum Gasteiger partial charge on any atom is -0.481 e. The summed E-state index contributed by atoms with van der Waals surface area (Å²) >= 11 is 5.57. The predicted molar refractivity (Wildman–Crippen MR) is 69.8 cm³/mol. The Bertz CT molecular complexity index is 482. The molecule has 1 unspecified atom stereocenters. The van der Waals surface area contributed by atoms with Crippen LogP contribution in [0.2, 0.25) is 5.02 Å². The van der Waals surface area contributed by atoms with E-state index in [1.165, 1.54) is 12.1 Å². The van der Waals surface area contributed by atoms with Gasteiger partial charge in [0.2, 0.25) is 0 Å². The zero-order chi connectivity index (χ0) is 14.4. The van der Waals surface area contributed by atoms with Gasteiger partial charge >= 0.3 is 12.0 Å². The number of carboxylic acid groups (broad SMARTS) is 1. The average Bonchev–Trinajstić information content (AvgIpc) is 2.33. The Kier molecular flexibility index (Phi) is 5.57. The lowest BCUT2D eigenvalue weighted by atomic mass is 10.1. The summed E-state index contributed by atoms with van der Waals surface area (Å²) in [5.41, 5.74) is 0.357. The number of amides is 2. The molecule has 0 aliphatic heterocycles. The SMILES string of the molecule is CC(CCNC(=O)Nc1ccc(F)c(Cl)c1)C(=O)O. The highest BCUT2D eigenvalue weighted by Gasteiger charge is 2.11. The molecule has 1 aromatic rings. The first-order chi connectivity index (χ1) is 8.90. The van der Waals surface area contributed by atoms with Crippen LogP contribution in [0.15, 0.2) is 18.2 Å². The summed E-state index contributed by atoms with van der Waals surface area (Å²) in [6.45, 7) is 1.79. The van der Waals surface area contributed by atoms with Crippen LogP contribution in [0.25, 0.3) is 0 Å². The van der Waals surface area contributed by atoms with Crippen LogP contribution in [0.1, 0.15) is 13.3 Å². The Morgan fingerprint density at radius 3 is 2.74 bits per heavy atom. The number of anilines is 1. The van der Waals surface area contributed by atoms with Gasteiger partial charge in [-0.2, -0.15) is 0 Å². The first-order valence-electron chi connectivity index (χ1n) is 5.63. The van der Waals surface area contributed by atoms with E-state index in [9.17, 15) is 14.0 Å². The molecular formula is C12H14ClFN2O3. The van der Waals surface area contributed by atoms with Crippen molar-refractivity contribution in [3.63, 3.8) is 0 Å². The Morgan fingerprint density at radius 1 is 1.47 bits per heavy atom. The van der Waals surface area contributed by atoms with Crippen LogP contribution in [0.3, 0.4) is 0 Å². The van der Waals surface area contributed by atoms with Gasteiger partial charge in [-0.1, -0.05) is 18.5 Å². The molecule has 0 saturated carbocycles. The Labute approximate surface area is 114 Å². The van der Waals surface area contributed by atoms with E-state index < -0.39 is 23.7 Å². The first-order valence-corrected chi connectivity index (χ1v) is 6.00. The van der Waals surface area contributed by atoms with Gasteiger partial charge in [-0.15, -0.1) is 0 Å². The number of urea groups is 1. The number of aliphatic carboxylic acids is 1. The zero-order valence-corrected chi connectivity index (χ0v) is 11.0. The van der Waals surface area contributed by atoms with E-state index in [0.717, 1.165) is 6.07 Å². The highest BCUT2D eigenvalue weighted by molar-refractivity contribution is 6.31. The largest absolute Gasteiger partial charge is 0.481 e. The molecule has 0 spiro atoms. The molecule has 0 fully saturated rings. The summed E-state index contributed by atoms with van der Waals surface area (Å²) in [5.74, 6) is -2.00. The molecule has 104 valence electrons. The standard InChI is InChI=1S/C12H14ClFN2O3/c1-7(11(17)18)4-5-15-12(19)16-8-2-3-10(14)9(13)6-8/h2-3,6-7H,4-5H2,1H3,(H,17,18)(H2,15,16,19). The molecule has 0 bridgehead atoms. The normalized spacial score (nSPS) is 11.7. The van der Waals surface area contributed by atoms with Crippen LogP contribution in [0.5, 0.6) is 0 Å². The second-order valence-electron chi connectivity index (χ2n) is 4.04. The van der Waals surface area contributed by atoms with Gasteiger partial charge < -0.3 is 15.7 Å². The second kappa shape index (κ2) is 6.94. The van der Waals surface area contributed by atoms with Crippen molar-refractivity contribution in [2.75, 3.05) is 11.9 Å². The second-order valence-corrected chi connectivity index (χ2v) is 4.44. The van der Waals surface area contributed by atoms with E-state index in [1.807, 2.05) is 0 Å². The van der Waals surface area contributed by atoms with Crippen LogP contribution < -0.4 is 10.6 Å². The van der Waals surface area contributed by atoms with Crippen molar-refractivity contribution < 1.29 is 19.1 Å². The van der Waals surface area contributed by atoms with Crippen molar-refractivity contribution in [3.05, 3.63) is 29.0 Å². The number of nitrogens with one attached hydrogen (secondary N) is 2. The third-order valence-corrected chi connectivity index (χ3v) is 2.75. The number of hydrogen-bond acceptors (Lipinski definition) is 2. The van der Waals surface area contributed by atoms with Gasteiger partial charge in [0.25, 0.3) is 0 Å². The van der Waals surface area contributed by atoms with Crippen LogP contribution in [-0.4, -0.2) is 23.7 Å². The monoisotopic (exact) mass is 288 g/mol. The zero-order valence-electron chi connectivity index (χ0n) is 10.2. The lowest BCUT2D eigenvalue weighted by Crippen LogP contribution is -2.31. The maximum absolute atomic E-state index is 12.9. The Morgan fingerprint density at radius 2 is 2.16 bits per heavy atom. The third kappa shape index (κ3) is 5.13. The van der Waals surface area contributed by atoms with Gasteiger partial charge in [-0.3, -0.25) is 4.79 Å². The maximum atomic E-state index is 12.9. The first kappa shape index (κ1) is 15.2. The lowest BCUT2D eigenvalue weighted by molar-refractivity contribution is -0.141. The third-order valence-electron chi connectivity index (χ3n) is 2.46. The van der Waals surface area contributed by atoms with Crippen LogP contribution in [-0.2, 0) is 4.79 Å². The van der Waals surface area contributed by atoms with Gasteiger partial charge in [0.1, 0.15) is 5.82 Å². The van der Waals surface area contributed by atoms with Gasteiger partial charge in [0.05, 0.1) is 10.9 Å². The van der Waals surface area contributed by atoms with E-state index >= 15 is 0 Å². The fourth-order valence-electron chi connectivity index (χ4n) is 1.27. The van der Waals surface area contributed by atoms with Crippen molar-refractivity contribution >= 4 is 29.3 Å². The molecule has 0 aromatic heterocycles. The fraction of sp³-hybridized carbons (Fsp3) is 0.333. The summed E-state index contributed by atoms with van der Waals surface area (Å²) in [7, 11) is 0. The molecule has 0 radical (unpaired) electrons. The minimum absolute atomic E-state index is 0.0858. The highest BCUT2D eigenvalue weighted by Crippen LogP contribution is 2.19. The Hall–Kier alpha value is -1.82. The molecular weight excluding hydrogens is 275 g/mol. The number of carboxylic acids is 1. The highest BCUT2D eigenvalue weighted by atomic mass is 35.5. The average molecular weight is 289 g/mol. The molecule has 1 aromatic carbocycles. The van der Waals surface area contributed by atoms with Crippen LogP contribution in [0, 0.1) is 11.7 Å². The van der Waals surface area contributed by atoms with E-state index in [0.29, 0.717) is 12.1 Å². The number of halogens is 2. The van der Waals surface area contributed by atoms with E-state index in [4.69, 9.17) is 16.7 Å². The molecule has 5 nitrogen and oxygen atoms in total. The van der Waals surface area contributed by atoms with Crippen LogP contribution in [0.4, 0.5) is 14.9 Å². The lowest BCUT2D eigenvalue weighted by Gasteiger charge is -2.09. The van der Waals surface area contributed by atoms with Crippen molar-refractivity contribution in [1.29, 1.82) is 0 Å². The van der Waals surface area contributed by atoms with E-state index in [-0.39, 0.29) is 11.6 Å². The molecule has 19 heavy (non-hydrogen) atoms. The topological polar surface area (TPSA) is 78.4 Å². The van der Waals surface area contributed by atoms with E-state index in [1.54, 1.807) is 6.92 Å². The van der Waals surface area contributed by atoms with Crippen molar-refractivity contribution in [3.8, 4) is 0 Å². The summed E-state index contributed by atoms with van der Waals surface area (Å²) in [4.78, 5) is 22.0. The van der Waals surface area contributed by atoms with Gasteiger partial charge in [-0.25, -0.2) is 9.18 Å². The van der Waals surface area contributed by atoms with Crippen molar-refractivity contribution in [2.24, 2.45) is 5.92 Å². The fourth-order valence-corrected chi connectivity index (χ4v) is 1.46.